The summed E-state index contributed by atoms with van der Waals surface area (Å²) in [6, 6.07) is 13.8. The van der Waals surface area contributed by atoms with Crippen LogP contribution in [0.25, 0.3) is 0 Å². The Morgan fingerprint density at radius 2 is 1.93 bits per heavy atom. The molecular weight excluding hydrogens is 400 g/mol. The van der Waals surface area contributed by atoms with Crippen molar-refractivity contribution < 1.29 is 13.2 Å². The standard InChI is InChI=1S/C19H23ClN4O3S/c1-12(13-5-4-8-16(10-13)24-28(2,26)27)21-19(25)18-11-17(22-23-18)14-6-3-7-15(20)9-14/h3-10,12,17-18,22-24H,11H2,1-2H3,(H,21,25). The molecule has 7 nitrogen and oxygen atoms in total. The van der Waals surface area contributed by atoms with E-state index >= 15 is 0 Å². The maximum absolute atomic E-state index is 12.6. The molecule has 3 atom stereocenters. The third-order valence-corrected chi connectivity index (χ3v) is 5.36. The maximum Gasteiger partial charge on any atom is 0.239 e. The van der Waals surface area contributed by atoms with Gasteiger partial charge in [-0.25, -0.2) is 19.3 Å². The molecule has 150 valence electrons. The number of benzene rings is 2. The SMILES string of the molecule is CC(NC(=O)C1CC(c2cccc(Cl)c2)NN1)c1cccc(NS(C)(=O)=O)c1. The van der Waals surface area contributed by atoms with Gasteiger partial charge >= 0.3 is 0 Å². The normalized spacial score (nSPS) is 20.5. The molecule has 9 heteroatoms. The van der Waals surface area contributed by atoms with E-state index in [-0.39, 0.29) is 24.0 Å². The highest BCUT2D eigenvalue weighted by Gasteiger charge is 2.30. The van der Waals surface area contributed by atoms with Gasteiger partial charge in [-0.15, -0.1) is 0 Å². The zero-order valence-electron chi connectivity index (χ0n) is 15.6. The number of carbonyl (C=O) groups is 1. The zero-order valence-corrected chi connectivity index (χ0v) is 17.1. The average Bonchev–Trinajstić information content (AvgIpc) is 3.11. The number of hydrogen-bond donors (Lipinski definition) is 4. The van der Waals surface area contributed by atoms with Crippen LogP contribution in [0, 0.1) is 0 Å². The van der Waals surface area contributed by atoms with Crippen molar-refractivity contribution in [1.29, 1.82) is 0 Å². The molecule has 0 bridgehead atoms. The molecule has 2 aromatic rings. The molecule has 3 rings (SSSR count). The second kappa shape index (κ2) is 8.48. The summed E-state index contributed by atoms with van der Waals surface area (Å²) in [5.41, 5.74) is 8.44. The monoisotopic (exact) mass is 422 g/mol. The Balaban J connectivity index is 1.61. The van der Waals surface area contributed by atoms with Crippen LogP contribution in [-0.2, 0) is 14.8 Å². The molecule has 2 aromatic carbocycles. The highest BCUT2D eigenvalue weighted by molar-refractivity contribution is 7.92. The molecule has 28 heavy (non-hydrogen) atoms. The molecule has 3 unspecified atom stereocenters. The van der Waals surface area contributed by atoms with Crippen molar-refractivity contribution in [1.82, 2.24) is 16.2 Å². The third-order valence-electron chi connectivity index (χ3n) is 4.52. The van der Waals surface area contributed by atoms with E-state index in [2.05, 4.69) is 20.9 Å². The fourth-order valence-corrected chi connectivity index (χ4v) is 3.91. The lowest BCUT2D eigenvalue weighted by Gasteiger charge is -2.18. The first-order valence-electron chi connectivity index (χ1n) is 8.86. The van der Waals surface area contributed by atoms with Crippen molar-refractivity contribution in [2.24, 2.45) is 0 Å². The van der Waals surface area contributed by atoms with Gasteiger partial charge < -0.3 is 5.32 Å². The van der Waals surface area contributed by atoms with Gasteiger partial charge in [0.1, 0.15) is 6.04 Å². The van der Waals surface area contributed by atoms with Crippen molar-refractivity contribution in [2.75, 3.05) is 11.0 Å². The summed E-state index contributed by atoms with van der Waals surface area (Å²) in [5, 5.41) is 3.62. The number of rotatable bonds is 6. The molecule has 0 radical (unpaired) electrons. The van der Waals surface area contributed by atoms with Crippen LogP contribution in [-0.4, -0.2) is 26.6 Å². The lowest BCUT2D eigenvalue weighted by atomic mass is 10.0. The van der Waals surface area contributed by atoms with E-state index in [9.17, 15) is 13.2 Å². The molecule has 0 saturated carbocycles. The molecule has 1 amide bonds. The number of hydrazine groups is 1. The van der Waals surface area contributed by atoms with Crippen LogP contribution >= 0.6 is 11.6 Å². The number of carbonyl (C=O) groups excluding carboxylic acids is 1. The molecule has 1 aliphatic heterocycles. The van der Waals surface area contributed by atoms with Crippen LogP contribution in [0.4, 0.5) is 5.69 Å². The van der Waals surface area contributed by atoms with Crippen molar-refractivity contribution >= 4 is 33.2 Å². The summed E-state index contributed by atoms with van der Waals surface area (Å²) < 4.78 is 25.2. The van der Waals surface area contributed by atoms with Gasteiger partial charge in [-0.1, -0.05) is 35.9 Å². The molecule has 1 aliphatic rings. The van der Waals surface area contributed by atoms with E-state index in [0.717, 1.165) is 17.4 Å². The van der Waals surface area contributed by atoms with E-state index in [1.54, 1.807) is 18.2 Å². The van der Waals surface area contributed by atoms with Gasteiger partial charge in [-0.2, -0.15) is 0 Å². The molecule has 1 heterocycles. The Morgan fingerprint density at radius 3 is 2.64 bits per heavy atom. The number of nitrogens with one attached hydrogen (secondary N) is 4. The molecule has 1 fully saturated rings. The number of anilines is 1. The minimum absolute atomic E-state index is 0.00737. The number of amides is 1. The van der Waals surface area contributed by atoms with E-state index < -0.39 is 10.0 Å². The zero-order chi connectivity index (χ0) is 20.3. The number of halogens is 1. The minimum Gasteiger partial charge on any atom is -0.348 e. The van der Waals surface area contributed by atoms with Crippen LogP contribution < -0.4 is 20.9 Å². The Labute approximate surface area is 169 Å². The van der Waals surface area contributed by atoms with E-state index in [1.807, 2.05) is 37.3 Å². The second-order valence-corrected chi connectivity index (χ2v) is 9.10. The fourth-order valence-electron chi connectivity index (χ4n) is 3.15. The van der Waals surface area contributed by atoms with Crippen LogP contribution in [0.15, 0.2) is 48.5 Å². The van der Waals surface area contributed by atoms with Gasteiger partial charge in [-0.3, -0.25) is 9.52 Å². The van der Waals surface area contributed by atoms with Crippen molar-refractivity contribution in [2.45, 2.75) is 31.5 Å². The van der Waals surface area contributed by atoms with E-state index in [4.69, 9.17) is 11.6 Å². The lowest BCUT2D eigenvalue weighted by molar-refractivity contribution is -0.123. The summed E-state index contributed by atoms with van der Waals surface area (Å²) >= 11 is 6.04. The quantitative estimate of drug-likeness (QED) is 0.573. The summed E-state index contributed by atoms with van der Waals surface area (Å²) in [4.78, 5) is 12.6. The summed E-state index contributed by atoms with van der Waals surface area (Å²) in [7, 11) is -3.36. The Morgan fingerprint density at radius 1 is 1.18 bits per heavy atom. The third kappa shape index (κ3) is 5.45. The largest absolute Gasteiger partial charge is 0.348 e. The Hall–Kier alpha value is -2.13. The van der Waals surface area contributed by atoms with Crippen LogP contribution in [0.1, 0.15) is 36.6 Å². The second-order valence-electron chi connectivity index (χ2n) is 6.91. The first kappa shape index (κ1) is 20.6. The summed E-state index contributed by atoms with van der Waals surface area (Å²) in [5.74, 6) is -0.133. The van der Waals surface area contributed by atoms with Crippen molar-refractivity contribution in [3.8, 4) is 0 Å². The topological polar surface area (TPSA) is 99.3 Å². The Kier molecular flexibility index (Phi) is 6.24. The van der Waals surface area contributed by atoms with Gasteiger partial charge in [0.05, 0.1) is 12.3 Å². The summed E-state index contributed by atoms with van der Waals surface area (Å²) in [6.45, 7) is 1.86. The molecule has 0 aromatic heterocycles. The summed E-state index contributed by atoms with van der Waals surface area (Å²) in [6.07, 6.45) is 1.69. The molecule has 4 N–H and O–H groups in total. The first-order valence-corrected chi connectivity index (χ1v) is 11.1. The highest BCUT2D eigenvalue weighted by Crippen LogP contribution is 2.25. The number of hydrogen-bond acceptors (Lipinski definition) is 5. The highest BCUT2D eigenvalue weighted by atomic mass is 35.5. The Bertz CT molecular complexity index is 967. The predicted molar refractivity (Wildman–Crippen MR) is 110 cm³/mol. The van der Waals surface area contributed by atoms with Crippen molar-refractivity contribution in [3.63, 3.8) is 0 Å². The molecular formula is C19H23ClN4O3S. The first-order chi connectivity index (χ1) is 13.2. The van der Waals surface area contributed by atoms with E-state index in [1.165, 1.54) is 0 Å². The molecule has 0 aliphatic carbocycles. The van der Waals surface area contributed by atoms with E-state index in [0.29, 0.717) is 17.1 Å². The van der Waals surface area contributed by atoms with Crippen LogP contribution in [0.3, 0.4) is 0 Å². The smallest absolute Gasteiger partial charge is 0.239 e. The van der Waals surface area contributed by atoms with Gasteiger partial charge in [0, 0.05) is 16.8 Å². The van der Waals surface area contributed by atoms with Crippen LogP contribution in [0.5, 0.6) is 0 Å². The average molecular weight is 423 g/mol. The fraction of sp³-hybridized carbons (Fsp3) is 0.316. The minimum atomic E-state index is -3.36. The van der Waals surface area contributed by atoms with Crippen molar-refractivity contribution in [3.05, 3.63) is 64.7 Å². The number of sulfonamides is 1. The van der Waals surface area contributed by atoms with Gasteiger partial charge in [0.25, 0.3) is 0 Å². The maximum atomic E-state index is 12.6. The van der Waals surface area contributed by atoms with Gasteiger partial charge in [0.15, 0.2) is 0 Å². The van der Waals surface area contributed by atoms with Gasteiger partial charge in [0.2, 0.25) is 15.9 Å². The van der Waals surface area contributed by atoms with Gasteiger partial charge in [-0.05, 0) is 48.7 Å². The molecule has 0 spiro atoms. The predicted octanol–water partition coefficient (Wildman–Crippen LogP) is 2.50. The molecule has 1 saturated heterocycles. The lowest BCUT2D eigenvalue weighted by Crippen LogP contribution is -2.43. The van der Waals surface area contributed by atoms with Crippen LogP contribution in [0.2, 0.25) is 5.02 Å².